The highest BCUT2D eigenvalue weighted by atomic mass is 28.3. The lowest BCUT2D eigenvalue weighted by molar-refractivity contribution is -0.137. The van der Waals surface area contributed by atoms with Gasteiger partial charge in [-0.05, 0) is 37.2 Å². The van der Waals surface area contributed by atoms with E-state index in [0.717, 1.165) is 29.2 Å². The molecule has 5 nitrogen and oxygen atoms in total. The van der Waals surface area contributed by atoms with Crippen LogP contribution in [-0.2, 0) is 17.6 Å². The number of benzene rings is 1. The first-order valence-corrected chi connectivity index (χ1v) is 13.1. The molecule has 2 aromatic heterocycles. The highest BCUT2D eigenvalue weighted by Crippen LogP contribution is 2.32. The number of fused-ring (bicyclic) bond motifs is 1. The molecule has 0 saturated carbocycles. The number of hydrogen-bond acceptors (Lipinski definition) is 4. The molecule has 0 bridgehead atoms. The van der Waals surface area contributed by atoms with Crippen molar-refractivity contribution >= 4 is 30.9 Å². The summed E-state index contributed by atoms with van der Waals surface area (Å²) in [5.41, 5.74) is 1.09. The number of anilines is 2. The number of halogens is 3. The van der Waals surface area contributed by atoms with Crippen LogP contribution in [0.25, 0.3) is 11.0 Å². The molecule has 156 valence electrons. The molecule has 9 heteroatoms. The molecule has 0 radical (unpaired) electrons. The average Bonchev–Trinajstić information content (AvgIpc) is 2.94. The number of para-hydroxylation sites is 2. The Morgan fingerprint density at radius 3 is 2.52 bits per heavy atom. The van der Waals surface area contributed by atoms with Gasteiger partial charge in [-0.15, -0.1) is 0 Å². The van der Waals surface area contributed by atoms with E-state index in [-0.39, 0.29) is 18.2 Å². The van der Waals surface area contributed by atoms with Gasteiger partial charge < -0.3 is 10.1 Å². The van der Waals surface area contributed by atoms with Gasteiger partial charge in [-0.25, -0.2) is 9.97 Å². The maximum Gasteiger partial charge on any atom is 0.416 e. The van der Waals surface area contributed by atoms with Crippen molar-refractivity contribution in [1.29, 1.82) is 0 Å². The van der Waals surface area contributed by atoms with Crippen molar-refractivity contribution in [2.75, 3.05) is 11.9 Å². The number of nitrogens with zero attached hydrogens (tertiary/aromatic N) is 3. The molecule has 0 aliphatic rings. The second-order valence-electron chi connectivity index (χ2n) is 8.21. The van der Waals surface area contributed by atoms with Gasteiger partial charge in [-0.3, -0.25) is 4.57 Å². The Morgan fingerprint density at radius 2 is 1.83 bits per heavy atom. The second-order valence-corrected chi connectivity index (χ2v) is 13.8. The number of aromatic nitrogens is 3. The lowest BCUT2D eigenvalue weighted by atomic mass is 10.2. The number of aryl methyl sites for hydroxylation is 1. The van der Waals surface area contributed by atoms with Gasteiger partial charge in [0.15, 0.2) is 0 Å². The summed E-state index contributed by atoms with van der Waals surface area (Å²) in [6.45, 7) is 9.24. The minimum Gasteiger partial charge on any atom is -0.361 e. The minimum absolute atomic E-state index is 0.0935. The standard InChI is InChI=1S/C20H25F3N4OSi/c1-14-11-15(20(21,22)23)12-18(24-14)26-19-25-16-7-5-6-8-17(16)27(19)13-28-9-10-29(2,3)4/h5-8,11-12H,9-10,13H2,1-4H3,(H,24,25,26). The fraction of sp³-hybridized carbons (Fsp3) is 0.400. The second kappa shape index (κ2) is 8.15. The van der Waals surface area contributed by atoms with Crippen LogP contribution in [0.1, 0.15) is 11.3 Å². The summed E-state index contributed by atoms with van der Waals surface area (Å²) in [6, 6.07) is 10.5. The van der Waals surface area contributed by atoms with E-state index in [1.807, 2.05) is 28.8 Å². The molecule has 0 fully saturated rings. The van der Waals surface area contributed by atoms with Crippen molar-refractivity contribution in [2.24, 2.45) is 0 Å². The molecule has 2 heterocycles. The molecule has 0 unspecified atom stereocenters. The van der Waals surface area contributed by atoms with Gasteiger partial charge in [0, 0.05) is 20.4 Å². The van der Waals surface area contributed by atoms with Crippen molar-refractivity contribution in [3.05, 3.63) is 47.7 Å². The van der Waals surface area contributed by atoms with Gasteiger partial charge in [0.05, 0.1) is 16.6 Å². The molecule has 0 spiro atoms. The molecule has 0 saturated heterocycles. The first kappa shape index (κ1) is 21.3. The fourth-order valence-electron chi connectivity index (χ4n) is 2.85. The number of rotatable bonds is 7. The van der Waals surface area contributed by atoms with E-state index in [4.69, 9.17) is 4.74 Å². The SMILES string of the molecule is Cc1cc(C(F)(F)F)cc(Nc2nc3ccccc3n2COCC[Si](C)(C)C)n1. The number of hydrogen-bond donors (Lipinski definition) is 1. The lowest BCUT2D eigenvalue weighted by Gasteiger charge is -2.17. The first-order valence-electron chi connectivity index (χ1n) is 9.39. The molecular formula is C20H25F3N4OSi. The zero-order chi connectivity index (χ0) is 21.2. The zero-order valence-corrected chi connectivity index (χ0v) is 18.0. The average molecular weight is 423 g/mol. The van der Waals surface area contributed by atoms with Crippen molar-refractivity contribution in [3.63, 3.8) is 0 Å². The van der Waals surface area contributed by atoms with Crippen LogP contribution in [0, 0.1) is 6.92 Å². The van der Waals surface area contributed by atoms with Crippen LogP contribution in [0.3, 0.4) is 0 Å². The van der Waals surface area contributed by atoms with Crippen LogP contribution < -0.4 is 5.32 Å². The van der Waals surface area contributed by atoms with Crippen molar-refractivity contribution < 1.29 is 17.9 Å². The molecule has 0 atom stereocenters. The number of nitrogens with one attached hydrogen (secondary N) is 1. The van der Waals surface area contributed by atoms with Gasteiger partial charge in [-0.1, -0.05) is 31.8 Å². The van der Waals surface area contributed by atoms with Gasteiger partial charge in [0.2, 0.25) is 5.95 Å². The molecule has 29 heavy (non-hydrogen) atoms. The van der Waals surface area contributed by atoms with Crippen molar-refractivity contribution in [1.82, 2.24) is 14.5 Å². The monoisotopic (exact) mass is 422 g/mol. The summed E-state index contributed by atoms with van der Waals surface area (Å²) >= 11 is 0. The van der Waals surface area contributed by atoms with E-state index in [1.165, 1.54) is 6.92 Å². The minimum atomic E-state index is -4.44. The third-order valence-corrected chi connectivity index (χ3v) is 6.10. The number of ether oxygens (including phenoxy) is 1. The highest BCUT2D eigenvalue weighted by Gasteiger charge is 2.31. The normalized spacial score (nSPS) is 12.5. The zero-order valence-electron chi connectivity index (χ0n) is 17.0. The van der Waals surface area contributed by atoms with Gasteiger partial charge >= 0.3 is 6.18 Å². The van der Waals surface area contributed by atoms with Crippen LogP contribution in [0.4, 0.5) is 24.9 Å². The Labute approximate surface area is 168 Å². The quantitative estimate of drug-likeness (QED) is 0.385. The molecule has 3 rings (SSSR count). The summed E-state index contributed by atoms with van der Waals surface area (Å²) in [5.74, 6) is 0.487. The highest BCUT2D eigenvalue weighted by molar-refractivity contribution is 6.76. The van der Waals surface area contributed by atoms with Crippen LogP contribution in [0.15, 0.2) is 36.4 Å². The smallest absolute Gasteiger partial charge is 0.361 e. The number of imidazole rings is 1. The third kappa shape index (κ3) is 5.57. The van der Waals surface area contributed by atoms with Crippen LogP contribution >= 0.6 is 0 Å². The molecule has 1 aromatic carbocycles. The molecule has 1 N–H and O–H groups in total. The molecule has 0 aliphatic carbocycles. The lowest BCUT2D eigenvalue weighted by Crippen LogP contribution is -2.22. The van der Waals surface area contributed by atoms with E-state index in [9.17, 15) is 13.2 Å². The van der Waals surface area contributed by atoms with Crippen LogP contribution in [0.2, 0.25) is 25.7 Å². The van der Waals surface area contributed by atoms with Crippen molar-refractivity contribution in [2.45, 2.75) is 45.5 Å². The first-order chi connectivity index (χ1) is 13.5. The molecule has 3 aromatic rings. The molecule has 0 aliphatic heterocycles. The Bertz CT molecular complexity index is 996. The summed E-state index contributed by atoms with van der Waals surface area (Å²) in [6.07, 6.45) is -4.44. The Hall–Kier alpha value is -2.39. The maximum atomic E-state index is 13.1. The van der Waals surface area contributed by atoms with Gasteiger partial charge in [0.25, 0.3) is 0 Å². The third-order valence-electron chi connectivity index (χ3n) is 4.39. The maximum absolute atomic E-state index is 13.1. The van der Waals surface area contributed by atoms with Crippen LogP contribution in [-0.4, -0.2) is 29.2 Å². The fourth-order valence-corrected chi connectivity index (χ4v) is 3.60. The summed E-state index contributed by atoms with van der Waals surface area (Å²) in [4.78, 5) is 8.70. The van der Waals surface area contributed by atoms with E-state index < -0.39 is 19.8 Å². The Morgan fingerprint density at radius 1 is 1.10 bits per heavy atom. The topological polar surface area (TPSA) is 52.0 Å². The van der Waals surface area contributed by atoms with Gasteiger partial charge in [-0.2, -0.15) is 13.2 Å². The van der Waals surface area contributed by atoms with E-state index >= 15 is 0 Å². The largest absolute Gasteiger partial charge is 0.416 e. The van der Waals surface area contributed by atoms with E-state index in [2.05, 4.69) is 34.9 Å². The predicted octanol–water partition coefficient (Wildman–Crippen LogP) is 5.81. The van der Waals surface area contributed by atoms with Gasteiger partial charge in [0.1, 0.15) is 12.5 Å². The van der Waals surface area contributed by atoms with E-state index in [0.29, 0.717) is 12.6 Å². The van der Waals surface area contributed by atoms with E-state index in [1.54, 1.807) is 0 Å². The Balaban J connectivity index is 1.88. The summed E-state index contributed by atoms with van der Waals surface area (Å²) in [5, 5.41) is 2.94. The molecule has 0 amide bonds. The summed E-state index contributed by atoms with van der Waals surface area (Å²) in [7, 11) is -1.22. The van der Waals surface area contributed by atoms with Crippen molar-refractivity contribution in [3.8, 4) is 0 Å². The Kier molecular flexibility index (Phi) is 5.99. The predicted molar refractivity (Wildman–Crippen MR) is 111 cm³/mol. The summed E-state index contributed by atoms with van der Waals surface area (Å²) < 4.78 is 47.1. The number of alkyl halides is 3. The van der Waals surface area contributed by atoms with Crippen LogP contribution in [0.5, 0.6) is 0 Å². The molecular weight excluding hydrogens is 397 g/mol. The number of pyridine rings is 1.